The van der Waals surface area contributed by atoms with Crippen molar-refractivity contribution in [3.8, 4) is 6.07 Å². The summed E-state index contributed by atoms with van der Waals surface area (Å²) in [4.78, 5) is 27.9. The zero-order valence-corrected chi connectivity index (χ0v) is 20.8. The number of para-hydroxylation sites is 1. The quantitative estimate of drug-likeness (QED) is 0.386. The number of benzene rings is 3. The number of nitriles is 1. The van der Waals surface area contributed by atoms with E-state index in [2.05, 4.69) is 16.5 Å². The maximum Gasteiger partial charge on any atom is 0.252 e. The van der Waals surface area contributed by atoms with Gasteiger partial charge in [0.15, 0.2) is 0 Å². The van der Waals surface area contributed by atoms with Crippen LogP contribution in [0.15, 0.2) is 84.0 Å². The van der Waals surface area contributed by atoms with Gasteiger partial charge < -0.3 is 10.2 Å². The summed E-state index contributed by atoms with van der Waals surface area (Å²) in [5.74, 6) is -0.302. The van der Waals surface area contributed by atoms with Crippen LogP contribution in [0.3, 0.4) is 0 Å². The van der Waals surface area contributed by atoms with Crippen LogP contribution in [0.25, 0.3) is 0 Å². The highest BCUT2D eigenvalue weighted by atomic mass is 35.5. The zero-order valence-electron chi connectivity index (χ0n) is 19.3. The van der Waals surface area contributed by atoms with E-state index in [9.17, 15) is 14.9 Å². The molecule has 0 aromatic heterocycles. The summed E-state index contributed by atoms with van der Waals surface area (Å²) in [5, 5.41) is 18.9. The molecule has 182 valence electrons. The van der Waals surface area contributed by atoms with Gasteiger partial charge in [-0.15, -0.1) is 0 Å². The van der Waals surface area contributed by atoms with E-state index in [1.165, 1.54) is 5.01 Å². The first kappa shape index (κ1) is 25.2. The van der Waals surface area contributed by atoms with E-state index in [1.54, 1.807) is 36.4 Å². The normalized spacial score (nSPS) is 14.6. The lowest BCUT2D eigenvalue weighted by molar-refractivity contribution is -0.136. The molecule has 1 unspecified atom stereocenters. The minimum Gasteiger partial charge on any atom is -0.327 e. The molecule has 1 aliphatic rings. The van der Waals surface area contributed by atoms with Gasteiger partial charge in [0.05, 0.1) is 29.2 Å². The number of nitrogens with zero attached hydrogens (tertiary/aromatic N) is 4. The number of amidine groups is 1. The topological polar surface area (TPSA) is 88.8 Å². The van der Waals surface area contributed by atoms with Crippen LogP contribution in [0, 0.1) is 11.3 Å². The minimum absolute atomic E-state index is 0.270. The largest absolute Gasteiger partial charge is 0.327 e. The van der Waals surface area contributed by atoms with Crippen molar-refractivity contribution in [3.63, 3.8) is 0 Å². The maximum absolute atomic E-state index is 13.3. The third-order valence-corrected chi connectivity index (χ3v) is 6.27. The number of carbonyl (C=O) groups excluding carboxylic acids is 2. The van der Waals surface area contributed by atoms with Gasteiger partial charge in [-0.25, -0.2) is 5.01 Å². The summed E-state index contributed by atoms with van der Waals surface area (Å²) >= 11 is 12.2. The smallest absolute Gasteiger partial charge is 0.252 e. The molecule has 2 amide bonds. The second kappa shape index (κ2) is 11.7. The number of carbonyl (C=O) groups is 2. The molecule has 3 aromatic rings. The summed E-state index contributed by atoms with van der Waals surface area (Å²) in [6.45, 7) is 0.396. The Morgan fingerprint density at radius 2 is 1.72 bits per heavy atom. The first-order chi connectivity index (χ1) is 17.5. The lowest BCUT2D eigenvalue weighted by Crippen LogP contribution is -2.31. The van der Waals surface area contributed by atoms with E-state index < -0.39 is 24.3 Å². The van der Waals surface area contributed by atoms with Gasteiger partial charge in [0.1, 0.15) is 12.3 Å². The van der Waals surface area contributed by atoms with E-state index in [0.717, 1.165) is 11.3 Å². The molecule has 4 rings (SSSR count). The average molecular weight is 520 g/mol. The highest BCUT2D eigenvalue weighted by Crippen LogP contribution is 2.34. The molecule has 0 bridgehead atoms. The Hall–Kier alpha value is -3.86. The van der Waals surface area contributed by atoms with E-state index in [-0.39, 0.29) is 6.42 Å². The molecule has 0 spiro atoms. The van der Waals surface area contributed by atoms with Crippen LogP contribution in [-0.4, -0.2) is 29.2 Å². The van der Waals surface area contributed by atoms with Gasteiger partial charge in [0.2, 0.25) is 5.91 Å². The van der Waals surface area contributed by atoms with Gasteiger partial charge in [-0.3, -0.25) is 9.59 Å². The summed E-state index contributed by atoms with van der Waals surface area (Å²) in [7, 11) is 0. The summed E-state index contributed by atoms with van der Waals surface area (Å²) in [6, 6.07) is 25.4. The fraction of sp³-hybridized carbons (Fsp3) is 0.185. The summed E-state index contributed by atoms with van der Waals surface area (Å²) in [5.41, 5.74) is 2.14. The van der Waals surface area contributed by atoms with Crippen LogP contribution in [0.2, 0.25) is 10.0 Å². The van der Waals surface area contributed by atoms with E-state index in [4.69, 9.17) is 23.2 Å². The van der Waals surface area contributed by atoms with Crippen molar-refractivity contribution in [1.82, 2.24) is 5.01 Å². The first-order valence-electron chi connectivity index (χ1n) is 11.3. The standard InChI is InChI=1S/C27H23Cl2N5O2/c28-20-11-13-21(14-12-20)33(16-6-15-30)25-17-24(19-7-2-1-3-8-19)34(32-25)27(36)18-26(35)31-23-10-5-4-9-22(23)29/h1-5,7-14,24H,6,16-18H2,(H,31,35). The predicted molar refractivity (Wildman–Crippen MR) is 142 cm³/mol. The maximum atomic E-state index is 13.3. The van der Waals surface area contributed by atoms with Crippen molar-refractivity contribution in [2.45, 2.75) is 25.3 Å². The van der Waals surface area contributed by atoms with Crippen molar-refractivity contribution in [2.24, 2.45) is 5.10 Å². The van der Waals surface area contributed by atoms with Crippen LogP contribution < -0.4 is 10.2 Å². The Balaban J connectivity index is 1.60. The lowest BCUT2D eigenvalue weighted by atomic mass is 10.0. The molecule has 0 saturated heterocycles. The monoisotopic (exact) mass is 519 g/mol. The Morgan fingerprint density at radius 1 is 1.03 bits per heavy atom. The molecule has 0 saturated carbocycles. The summed E-state index contributed by atoms with van der Waals surface area (Å²) in [6.07, 6.45) is 0.298. The van der Waals surface area contributed by atoms with Crippen molar-refractivity contribution >= 4 is 52.2 Å². The highest BCUT2D eigenvalue weighted by molar-refractivity contribution is 6.33. The van der Waals surface area contributed by atoms with Crippen molar-refractivity contribution in [1.29, 1.82) is 5.26 Å². The van der Waals surface area contributed by atoms with Crippen molar-refractivity contribution in [2.75, 3.05) is 16.8 Å². The second-order valence-corrected chi connectivity index (χ2v) is 8.97. The molecule has 0 fully saturated rings. The third-order valence-electron chi connectivity index (χ3n) is 5.69. The highest BCUT2D eigenvalue weighted by Gasteiger charge is 2.35. The first-order valence-corrected chi connectivity index (χ1v) is 12.1. The van der Waals surface area contributed by atoms with Gasteiger partial charge in [-0.2, -0.15) is 10.4 Å². The number of anilines is 2. The van der Waals surface area contributed by atoms with Crippen LogP contribution >= 0.6 is 23.2 Å². The lowest BCUT2D eigenvalue weighted by Gasteiger charge is -2.23. The fourth-order valence-corrected chi connectivity index (χ4v) is 4.30. The van der Waals surface area contributed by atoms with Crippen molar-refractivity contribution < 1.29 is 9.59 Å². The molecular weight excluding hydrogens is 497 g/mol. The molecule has 0 radical (unpaired) electrons. The van der Waals surface area contributed by atoms with Gasteiger partial charge in [0.25, 0.3) is 5.91 Å². The number of hydrazone groups is 1. The molecule has 36 heavy (non-hydrogen) atoms. The number of nitrogens with one attached hydrogen (secondary N) is 1. The molecule has 9 heteroatoms. The Labute approximate surface area is 219 Å². The van der Waals surface area contributed by atoms with E-state index >= 15 is 0 Å². The Kier molecular flexibility index (Phi) is 8.21. The van der Waals surface area contributed by atoms with Crippen LogP contribution in [0.4, 0.5) is 11.4 Å². The van der Waals surface area contributed by atoms with Gasteiger partial charge in [-0.05, 0) is 42.0 Å². The molecule has 7 nitrogen and oxygen atoms in total. The molecule has 1 atom stereocenters. The third kappa shape index (κ3) is 6.03. The number of amides is 2. The molecule has 3 aromatic carbocycles. The SMILES string of the molecule is N#CCCN(C1=NN(C(=O)CC(=O)Nc2ccccc2Cl)C(c2ccccc2)C1)c1ccc(Cl)cc1. The Bertz CT molecular complexity index is 1310. The molecule has 1 aliphatic heterocycles. The van der Waals surface area contributed by atoms with Crippen LogP contribution in [0.5, 0.6) is 0 Å². The van der Waals surface area contributed by atoms with E-state index in [0.29, 0.717) is 34.5 Å². The zero-order chi connectivity index (χ0) is 25.5. The van der Waals surface area contributed by atoms with Gasteiger partial charge in [-0.1, -0.05) is 65.7 Å². The predicted octanol–water partition coefficient (Wildman–Crippen LogP) is 6.03. The van der Waals surface area contributed by atoms with Gasteiger partial charge >= 0.3 is 0 Å². The fourth-order valence-electron chi connectivity index (χ4n) is 3.99. The number of rotatable bonds is 7. The van der Waals surface area contributed by atoms with Gasteiger partial charge in [0, 0.05) is 23.7 Å². The average Bonchev–Trinajstić information content (AvgIpc) is 3.33. The van der Waals surface area contributed by atoms with E-state index in [1.807, 2.05) is 47.4 Å². The molecule has 0 aliphatic carbocycles. The Morgan fingerprint density at radius 3 is 2.42 bits per heavy atom. The van der Waals surface area contributed by atoms with Crippen LogP contribution in [-0.2, 0) is 9.59 Å². The second-order valence-electron chi connectivity index (χ2n) is 8.13. The number of halogens is 2. The molecule has 1 N–H and O–H groups in total. The molecular formula is C27H23Cl2N5O2. The number of hydrogen-bond donors (Lipinski definition) is 1. The van der Waals surface area contributed by atoms with Crippen LogP contribution in [0.1, 0.15) is 30.9 Å². The number of hydrogen-bond acceptors (Lipinski definition) is 5. The molecule has 1 heterocycles. The summed E-state index contributed by atoms with van der Waals surface area (Å²) < 4.78 is 0. The van der Waals surface area contributed by atoms with Crippen molar-refractivity contribution in [3.05, 3.63) is 94.5 Å². The minimum atomic E-state index is -0.484.